The lowest BCUT2D eigenvalue weighted by Gasteiger charge is -2.15. The standard InChI is InChI=1S/C19H15FN2O3/c20-15-7-5-12(6-8-15)9-17(19(24)25)22-18(23)14-10-13-3-1-2-4-16(13)21-11-14/h1-8,10-11,17H,9H2,(H,22,23)(H,24,25)/t17-/m1/s1. The molecule has 0 saturated heterocycles. The Morgan fingerprint density at radius 3 is 2.56 bits per heavy atom. The number of carbonyl (C=O) groups excluding carboxylic acids is 1. The molecule has 25 heavy (non-hydrogen) atoms. The van der Waals surface area contributed by atoms with Crippen molar-refractivity contribution in [2.24, 2.45) is 0 Å². The van der Waals surface area contributed by atoms with Crippen LogP contribution in [-0.2, 0) is 11.2 Å². The van der Waals surface area contributed by atoms with Gasteiger partial charge in [-0.2, -0.15) is 0 Å². The van der Waals surface area contributed by atoms with Crippen LogP contribution < -0.4 is 5.32 Å². The highest BCUT2D eigenvalue weighted by Gasteiger charge is 2.21. The smallest absolute Gasteiger partial charge is 0.326 e. The van der Waals surface area contributed by atoms with Crippen molar-refractivity contribution in [2.45, 2.75) is 12.5 Å². The highest BCUT2D eigenvalue weighted by atomic mass is 19.1. The van der Waals surface area contributed by atoms with Gasteiger partial charge in [-0.15, -0.1) is 0 Å². The van der Waals surface area contributed by atoms with Gasteiger partial charge in [-0.25, -0.2) is 9.18 Å². The number of hydrogen-bond donors (Lipinski definition) is 2. The molecule has 0 saturated carbocycles. The second-order valence-electron chi connectivity index (χ2n) is 5.61. The molecule has 3 rings (SSSR count). The Morgan fingerprint density at radius 2 is 1.84 bits per heavy atom. The Hall–Kier alpha value is -3.28. The van der Waals surface area contributed by atoms with E-state index in [1.54, 1.807) is 6.07 Å². The number of fused-ring (bicyclic) bond motifs is 1. The van der Waals surface area contributed by atoms with E-state index in [-0.39, 0.29) is 12.0 Å². The highest BCUT2D eigenvalue weighted by molar-refractivity contribution is 5.99. The maximum atomic E-state index is 12.9. The molecule has 0 fully saturated rings. The summed E-state index contributed by atoms with van der Waals surface area (Å²) in [5.74, 6) is -2.08. The molecular formula is C19H15FN2O3. The topological polar surface area (TPSA) is 79.3 Å². The van der Waals surface area contributed by atoms with Crippen LogP contribution in [0.1, 0.15) is 15.9 Å². The first kappa shape index (κ1) is 16.6. The van der Waals surface area contributed by atoms with E-state index in [4.69, 9.17) is 0 Å². The summed E-state index contributed by atoms with van der Waals surface area (Å²) < 4.78 is 12.9. The van der Waals surface area contributed by atoms with Crippen LogP contribution in [0.4, 0.5) is 4.39 Å². The van der Waals surface area contributed by atoms with E-state index in [1.165, 1.54) is 30.5 Å². The summed E-state index contributed by atoms with van der Waals surface area (Å²) in [5.41, 5.74) is 1.65. The molecule has 0 spiro atoms. The lowest BCUT2D eigenvalue weighted by molar-refractivity contribution is -0.139. The van der Waals surface area contributed by atoms with E-state index >= 15 is 0 Å². The summed E-state index contributed by atoms with van der Waals surface area (Å²) in [5, 5.41) is 12.6. The Balaban J connectivity index is 1.77. The third-order valence-corrected chi connectivity index (χ3v) is 3.81. The van der Waals surface area contributed by atoms with Crippen molar-refractivity contribution in [3.63, 3.8) is 0 Å². The summed E-state index contributed by atoms with van der Waals surface area (Å²) in [6, 6.07) is 13.4. The van der Waals surface area contributed by atoms with Gasteiger partial charge in [0, 0.05) is 18.0 Å². The molecule has 1 atom stereocenters. The molecule has 0 aliphatic carbocycles. The van der Waals surface area contributed by atoms with E-state index in [2.05, 4.69) is 10.3 Å². The summed E-state index contributed by atoms with van der Waals surface area (Å²) in [7, 11) is 0. The number of para-hydroxylation sites is 1. The molecule has 0 aliphatic rings. The maximum Gasteiger partial charge on any atom is 0.326 e. The number of carboxylic acid groups (broad SMARTS) is 1. The van der Waals surface area contributed by atoms with Crippen molar-refractivity contribution >= 4 is 22.8 Å². The van der Waals surface area contributed by atoms with Gasteiger partial charge in [-0.05, 0) is 29.8 Å². The second-order valence-corrected chi connectivity index (χ2v) is 5.61. The van der Waals surface area contributed by atoms with Crippen LogP contribution in [0.2, 0.25) is 0 Å². The molecule has 0 unspecified atom stereocenters. The van der Waals surface area contributed by atoms with Crippen LogP contribution in [0.3, 0.4) is 0 Å². The number of carbonyl (C=O) groups is 2. The van der Waals surface area contributed by atoms with Crippen LogP contribution in [0.25, 0.3) is 10.9 Å². The molecule has 0 aliphatic heterocycles. The predicted molar refractivity (Wildman–Crippen MR) is 90.7 cm³/mol. The van der Waals surface area contributed by atoms with E-state index in [9.17, 15) is 19.1 Å². The van der Waals surface area contributed by atoms with Crippen LogP contribution in [0.15, 0.2) is 60.8 Å². The molecule has 1 amide bonds. The van der Waals surface area contributed by atoms with Crippen LogP contribution in [0.5, 0.6) is 0 Å². The first-order chi connectivity index (χ1) is 12.0. The van der Waals surface area contributed by atoms with E-state index < -0.39 is 23.7 Å². The SMILES string of the molecule is O=C(N[C@H](Cc1ccc(F)cc1)C(=O)O)c1cnc2ccccc2c1. The second kappa shape index (κ2) is 7.09. The Labute approximate surface area is 143 Å². The van der Waals surface area contributed by atoms with Gasteiger partial charge >= 0.3 is 5.97 Å². The number of amides is 1. The Bertz CT molecular complexity index is 925. The van der Waals surface area contributed by atoms with Gasteiger partial charge in [0.25, 0.3) is 5.91 Å². The molecular weight excluding hydrogens is 323 g/mol. The van der Waals surface area contributed by atoms with Crippen molar-refractivity contribution in [3.05, 3.63) is 77.7 Å². The zero-order valence-electron chi connectivity index (χ0n) is 13.1. The molecule has 0 radical (unpaired) electrons. The number of carboxylic acids is 1. The van der Waals surface area contributed by atoms with Gasteiger partial charge in [-0.3, -0.25) is 9.78 Å². The first-order valence-corrected chi connectivity index (χ1v) is 7.66. The lowest BCUT2D eigenvalue weighted by Crippen LogP contribution is -2.42. The molecule has 5 nitrogen and oxygen atoms in total. The minimum absolute atomic E-state index is 0.0579. The number of nitrogens with zero attached hydrogens (tertiary/aromatic N) is 1. The molecule has 2 aromatic carbocycles. The summed E-state index contributed by atoms with van der Waals surface area (Å²) >= 11 is 0. The normalized spacial score (nSPS) is 11.9. The Morgan fingerprint density at radius 1 is 1.12 bits per heavy atom. The Kier molecular flexibility index (Phi) is 4.70. The zero-order valence-corrected chi connectivity index (χ0v) is 13.1. The number of pyridine rings is 1. The van der Waals surface area contributed by atoms with Gasteiger partial charge in [0.2, 0.25) is 0 Å². The predicted octanol–water partition coefficient (Wildman–Crippen LogP) is 2.80. The summed E-state index contributed by atoms with van der Waals surface area (Å²) in [6.45, 7) is 0. The molecule has 6 heteroatoms. The minimum Gasteiger partial charge on any atom is -0.480 e. The number of rotatable bonds is 5. The van der Waals surface area contributed by atoms with Crippen molar-refractivity contribution in [2.75, 3.05) is 0 Å². The van der Waals surface area contributed by atoms with Crippen LogP contribution in [-0.4, -0.2) is 28.0 Å². The average molecular weight is 338 g/mol. The third-order valence-electron chi connectivity index (χ3n) is 3.81. The first-order valence-electron chi connectivity index (χ1n) is 7.66. The van der Waals surface area contributed by atoms with Gasteiger partial charge in [0.15, 0.2) is 0 Å². The van der Waals surface area contributed by atoms with Crippen LogP contribution >= 0.6 is 0 Å². The van der Waals surface area contributed by atoms with Crippen molar-refractivity contribution < 1.29 is 19.1 Å². The largest absolute Gasteiger partial charge is 0.480 e. The highest BCUT2D eigenvalue weighted by Crippen LogP contribution is 2.13. The third kappa shape index (κ3) is 3.98. The molecule has 3 aromatic rings. The quantitative estimate of drug-likeness (QED) is 0.750. The summed E-state index contributed by atoms with van der Waals surface area (Å²) in [4.78, 5) is 28.0. The number of nitrogens with one attached hydrogen (secondary N) is 1. The van der Waals surface area contributed by atoms with Crippen molar-refractivity contribution in [1.82, 2.24) is 10.3 Å². The van der Waals surface area contributed by atoms with Crippen molar-refractivity contribution in [1.29, 1.82) is 0 Å². The van der Waals surface area contributed by atoms with Crippen LogP contribution in [0, 0.1) is 5.82 Å². The number of aromatic nitrogens is 1. The van der Waals surface area contributed by atoms with Gasteiger partial charge in [0.05, 0.1) is 11.1 Å². The lowest BCUT2D eigenvalue weighted by atomic mass is 10.1. The van der Waals surface area contributed by atoms with E-state index in [0.29, 0.717) is 5.56 Å². The van der Waals surface area contributed by atoms with Gasteiger partial charge in [-0.1, -0.05) is 30.3 Å². The van der Waals surface area contributed by atoms with Crippen molar-refractivity contribution in [3.8, 4) is 0 Å². The molecule has 0 bridgehead atoms. The number of halogens is 1. The van der Waals surface area contributed by atoms with Gasteiger partial charge in [0.1, 0.15) is 11.9 Å². The fourth-order valence-electron chi connectivity index (χ4n) is 2.49. The fraction of sp³-hybridized carbons (Fsp3) is 0.105. The monoisotopic (exact) mass is 338 g/mol. The minimum atomic E-state index is -1.16. The fourth-order valence-corrected chi connectivity index (χ4v) is 2.49. The average Bonchev–Trinajstić information content (AvgIpc) is 2.62. The molecule has 2 N–H and O–H groups in total. The zero-order chi connectivity index (χ0) is 17.8. The number of aliphatic carboxylic acids is 1. The van der Waals surface area contributed by atoms with E-state index in [1.807, 2.05) is 24.3 Å². The molecule has 126 valence electrons. The number of hydrogen-bond acceptors (Lipinski definition) is 3. The number of benzene rings is 2. The maximum absolute atomic E-state index is 12.9. The van der Waals surface area contributed by atoms with E-state index in [0.717, 1.165) is 10.9 Å². The summed E-state index contributed by atoms with van der Waals surface area (Å²) in [6.07, 6.45) is 1.47. The molecule has 1 aromatic heterocycles. The molecule has 1 heterocycles. The van der Waals surface area contributed by atoms with Gasteiger partial charge < -0.3 is 10.4 Å².